The minimum absolute atomic E-state index is 0.0109. The first-order valence-corrected chi connectivity index (χ1v) is 6.54. The number of methoxy groups -OCH3 is 2. The zero-order valence-electron chi connectivity index (χ0n) is 12.5. The maximum absolute atomic E-state index is 12.2. The highest BCUT2D eigenvalue weighted by Gasteiger charge is 2.18. The number of nitrogen functional groups attached to an aromatic ring is 1. The number of anilines is 1. The molecule has 0 spiro atoms. The molecule has 0 aromatic heterocycles. The van der Waals surface area contributed by atoms with Gasteiger partial charge < -0.3 is 25.1 Å². The number of aromatic carboxylic acids is 1. The fourth-order valence-electron chi connectivity index (χ4n) is 1.97. The van der Waals surface area contributed by atoms with Gasteiger partial charge in [-0.25, -0.2) is 9.59 Å². The number of carboxylic acid groups (broad SMARTS) is 1. The number of carboxylic acids is 1. The van der Waals surface area contributed by atoms with Crippen molar-refractivity contribution >= 4 is 17.6 Å². The predicted molar refractivity (Wildman–Crippen MR) is 82.3 cm³/mol. The Labute approximate surface area is 132 Å². The number of nitrogens with two attached hydrogens (primary N) is 1. The first kappa shape index (κ1) is 16.2. The highest BCUT2D eigenvalue weighted by atomic mass is 16.6. The summed E-state index contributed by atoms with van der Waals surface area (Å²) >= 11 is 0. The maximum Gasteiger partial charge on any atom is 0.345 e. The number of hydrogen-bond donors (Lipinski definition) is 2. The lowest BCUT2D eigenvalue weighted by Crippen LogP contribution is -2.13. The van der Waals surface area contributed by atoms with Gasteiger partial charge in [-0.05, 0) is 30.3 Å². The first-order chi connectivity index (χ1) is 11.0. The van der Waals surface area contributed by atoms with Gasteiger partial charge in [-0.15, -0.1) is 0 Å². The smallest absolute Gasteiger partial charge is 0.345 e. The van der Waals surface area contributed by atoms with Crippen LogP contribution in [0.3, 0.4) is 0 Å². The molecular formula is C16H15NO6. The highest BCUT2D eigenvalue weighted by Crippen LogP contribution is 2.37. The number of hydrogen-bond acceptors (Lipinski definition) is 6. The van der Waals surface area contributed by atoms with Crippen molar-refractivity contribution in [3.63, 3.8) is 0 Å². The van der Waals surface area contributed by atoms with Crippen LogP contribution >= 0.6 is 0 Å². The Kier molecular flexibility index (Phi) is 4.70. The van der Waals surface area contributed by atoms with Crippen molar-refractivity contribution in [1.82, 2.24) is 0 Å². The normalized spacial score (nSPS) is 10.0. The van der Waals surface area contributed by atoms with E-state index in [0.29, 0.717) is 5.75 Å². The second-order valence-electron chi connectivity index (χ2n) is 4.49. The fraction of sp³-hybridized carbons (Fsp3) is 0.125. The lowest BCUT2D eigenvalue weighted by Gasteiger charge is -2.13. The average molecular weight is 317 g/mol. The number of rotatable bonds is 5. The number of esters is 1. The first-order valence-electron chi connectivity index (χ1n) is 6.54. The van der Waals surface area contributed by atoms with Gasteiger partial charge in [-0.2, -0.15) is 0 Å². The van der Waals surface area contributed by atoms with E-state index in [4.69, 9.17) is 25.1 Å². The van der Waals surface area contributed by atoms with E-state index in [1.165, 1.54) is 32.4 Å². The van der Waals surface area contributed by atoms with Crippen LogP contribution in [0.5, 0.6) is 17.2 Å². The predicted octanol–water partition coefficient (Wildman–Crippen LogP) is 2.20. The summed E-state index contributed by atoms with van der Waals surface area (Å²) in [5.41, 5.74) is 5.77. The summed E-state index contributed by atoms with van der Waals surface area (Å²) in [6, 6.07) is 8.61. The van der Waals surface area contributed by atoms with Gasteiger partial charge in [0, 0.05) is 5.69 Å². The van der Waals surface area contributed by atoms with Crippen LogP contribution in [0.1, 0.15) is 20.7 Å². The van der Waals surface area contributed by atoms with E-state index >= 15 is 0 Å². The molecule has 2 aromatic carbocycles. The van der Waals surface area contributed by atoms with Crippen LogP contribution in [0, 0.1) is 0 Å². The van der Waals surface area contributed by atoms with E-state index in [2.05, 4.69) is 0 Å². The lowest BCUT2D eigenvalue weighted by atomic mass is 10.1. The Morgan fingerprint density at radius 2 is 1.74 bits per heavy atom. The van der Waals surface area contributed by atoms with Crippen molar-refractivity contribution in [2.45, 2.75) is 0 Å². The van der Waals surface area contributed by atoms with Gasteiger partial charge in [-0.3, -0.25) is 0 Å². The monoisotopic (exact) mass is 317 g/mol. The van der Waals surface area contributed by atoms with E-state index in [0.717, 1.165) is 0 Å². The molecule has 0 aliphatic heterocycles. The quantitative estimate of drug-likeness (QED) is 0.494. The molecule has 2 aromatic rings. The van der Waals surface area contributed by atoms with Crippen molar-refractivity contribution in [3.8, 4) is 17.2 Å². The molecule has 7 heteroatoms. The third-order valence-electron chi connectivity index (χ3n) is 3.09. The van der Waals surface area contributed by atoms with Crippen LogP contribution in [0.25, 0.3) is 0 Å². The van der Waals surface area contributed by atoms with Gasteiger partial charge >= 0.3 is 11.9 Å². The van der Waals surface area contributed by atoms with Crippen molar-refractivity contribution in [2.24, 2.45) is 0 Å². The van der Waals surface area contributed by atoms with Gasteiger partial charge in [0.25, 0.3) is 0 Å². The number of carbonyl (C=O) groups is 2. The van der Waals surface area contributed by atoms with Crippen molar-refractivity contribution in [1.29, 1.82) is 0 Å². The molecule has 0 saturated carbocycles. The number of carbonyl (C=O) groups excluding carboxylic acids is 1. The van der Waals surface area contributed by atoms with Gasteiger partial charge in [0.15, 0.2) is 11.5 Å². The minimum atomic E-state index is -1.13. The SMILES string of the molecule is COc1cccc(OC(=O)c2ccc(C(=O)O)cc2N)c1OC. The topological polar surface area (TPSA) is 108 Å². The van der Waals surface area contributed by atoms with Gasteiger partial charge in [0.05, 0.1) is 25.3 Å². The number of ether oxygens (including phenoxy) is 3. The molecule has 0 atom stereocenters. The van der Waals surface area contributed by atoms with Gasteiger partial charge in [0.1, 0.15) is 0 Å². The molecule has 120 valence electrons. The van der Waals surface area contributed by atoms with Crippen molar-refractivity contribution in [2.75, 3.05) is 20.0 Å². The summed E-state index contributed by atoms with van der Waals surface area (Å²) in [5.74, 6) is -1.02. The molecule has 0 heterocycles. The molecule has 0 bridgehead atoms. The number of benzene rings is 2. The van der Waals surface area contributed by atoms with Gasteiger partial charge in [-0.1, -0.05) is 6.07 Å². The number of para-hydroxylation sites is 1. The summed E-state index contributed by atoms with van der Waals surface area (Å²) in [4.78, 5) is 23.1. The molecule has 0 amide bonds. The van der Waals surface area contributed by atoms with Crippen LogP contribution in [-0.2, 0) is 0 Å². The summed E-state index contributed by atoms with van der Waals surface area (Å²) in [6.07, 6.45) is 0. The summed E-state index contributed by atoms with van der Waals surface area (Å²) in [7, 11) is 2.89. The Hall–Kier alpha value is -3.22. The van der Waals surface area contributed by atoms with E-state index in [-0.39, 0.29) is 28.3 Å². The van der Waals surface area contributed by atoms with Crippen LogP contribution < -0.4 is 19.9 Å². The summed E-state index contributed by atoms with van der Waals surface area (Å²) in [6.45, 7) is 0. The minimum Gasteiger partial charge on any atom is -0.493 e. The van der Waals surface area contributed by atoms with Crippen LogP contribution in [0.15, 0.2) is 36.4 Å². The van der Waals surface area contributed by atoms with E-state index in [1.54, 1.807) is 18.2 Å². The molecule has 23 heavy (non-hydrogen) atoms. The van der Waals surface area contributed by atoms with Crippen LogP contribution in [0.2, 0.25) is 0 Å². The highest BCUT2D eigenvalue weighted by molar-refractivity contribution is 5.99. The summed E-state index contributed by atoms with van der Waals surface area (Å²) < 4.78 is 15.6. The van der Waals surface area contributed by atoms with Crippen LogP contribution in [-0.4, -0.2) is 31.3 Å². The third kappa shape index (κ3) is 3.34. The lowest BCUT2D eigenvalue weighted by molar-refractivity contribution is 0.0691. The molecule has 2 rings (SSSR count). The van der Waals surface area contributed by atoms with E-state index in [9.17, 15) is 9.59 Å². The molecule has 0 aliphatic carbocycles. The second-order valence-corrected chi connectivity index (χ2v) is 4.49. The Morgan fingerprint density at radius 1 is 1.04 bits per heavy atom. The molecule has 0 unspecified atom stereocenters. The standard InChI is InChI=1S/C16H15NO6/c1-21-12-4-3-5-13(14(12)22-2)23-16(20)10-7-6-9(15(18)19)8-11(10)17/h3-8H,17H2,1-2H3,(H,18,19). The molecule has 3 N–H and O–H groups in total. The average Bonchev–Trinajstić information content (AvgIpc) is 2.54. The molecule has 7 nitrogen and oxygen atoms in total. The van der Waals surface area contributed by atoms with E-state index in [1.807, 2.05) is 0 Å². The summed E-state index contributed by atoms with van der Waals surface area (Å²) in [5, 5.41) is 8.90. The maximum atomic E-state index is 12.2. The molecular weight excluding hydrogens is 302 g/mol. The molecule has 0 saturated heterocycles. The third-order valence-corrected chi connectivity index (χ3v) is 3.09. The van der Waals surface area contributed by atoms with Gasteiger partial charge in [0.2, 0.25) is 5.75 Å². The molecule has 0 radical (unpaired) electrons. The fourth-order valence-corrected chi connectivity index (χ4v) is 1.97. The van der Waals surface area contributed by atoms with Crippen molar-refractivity contribution in [3.05, 3.63) is 47.5 Å². The Morgan fingerprint density at radius 3 is 2.30 bits per heavy atom. The zero-order chi connectivity index (χ0) is 17.0. The zero-order valence-corrected chi connectivity index (χ0v) is 12.5. The second kappa shape index (κ2) is 6.69. The molecule has 0 fully saturated rings. The van der Waals surface area contributed by atoms with E-state index < -0.39 is 11.9 Å². The van der Waals surface area contributed by atoms with Crippen molar-refractivity contribution < 1.29 is 28.9 Å². The Bertz CT molecular complexity index is 756. The molecule has 0 aliphatic rings. The van der Waals surface area contributed by atoms with Crippen LogP contribution in [0.4, 0.5) is 5.69 Å². The largest absolute Gasteiger partial charge is 0.493 e. The Balaban J connectivity index is 2.31.